The highest BCUT2D eigenvalue weighted by Gasteiger charge is 2.33. The highest BCUT2D eigenvalue weighted by Crippen LogP contribution is 2.29. The van der Waals surface area contributed by atoms with Gasteiger partial charge < -0.3 is 0 Å². The van der Waals surface area contributed by atoms with Crippen LogP contribution in [0.2, 0.25) is 0 Å². The van der Waals surface area contributed by atoms with E-state index in [1.165, 1.54) is 12.1 Å². The predicted molar refractivity (Wildman–Crippen MR) is 44.9 cm³/mol. The quantitative estimate of drug-likeness (QED) is 0.670. The zero-order chi connectivity index (χ0) is 11.1. The van der Waals surface area contributed by atoms with E-state index in [-0.39, 0.29) is 11.3 Å². The fourth-order valence-corrected chi connectivity index (χ4v) is 1.30. The van der Waals surface area contributed by atoms with Crippen LogP contribution in [0.3, 0.4) is 0 Å². The van der Waals surface area contributed by atoms with Crippen LogP contribution in [0.25, 0.3) is 5.65 Å². The third-order valence-electron chi connectivity index (χ3n) is 1.90. The van der Waals surface area contributed by atoms with Crippen LogP contribution >= 0.6 is 0 Å². The summed E-state index contributed by atoms with van der Waals surface area (Å²) in [5.74, 6) is 0. The van der Waals surface area contributed by atoms with E-state index in [1.807, 2.05) is 0 Å². The summed E-state index contributed by atoms with van der Waals surface area (Å²) in [5, 5.41) is 8.53. The van der Waals surface area contributed by atoms with Crippen molar-refractivity contribution in [2.45, 2.75) is 6.18 Å². The lowest BCUT2D eigenvalue weighted by Crippen LogP contribution is -2.10. The van der Waals surface area contributed by atoms with E-state index >= 15 is 0 Å². The van der Waals surface area contributed by atoms with Crippen molar-refractivity contribution in [3.05, 3.63) is 35.8 Å². The number of hydrogen-bond donors (Lipinski definition) is 0. The third kappa shape index (κ3) is 1.52. The molecule has 0 aliphatic carbocycles. The molecule has 2 heterocycles. The Bertz CT molecular complexity index is 548. The molecule has 2 aromatic rings. The van der Waals surface area contributed by atoms with Gasteiger partial charge in [-0.15, -0.1) is 0 Å². The first-order chi connectivity index (χ1) is 7.02. The summed E-state index contributed by atoms with van der Waals surface area (Å²) in [5.41, 5.74) is -0.762. The lowest BCUT2D eigenvalue weighted by atomic mass is 10.3. The number of fused-ring (bicyclic) bond motifs is 1. The van der Waals surface area contributed by atoms with Crippen molar-refractivity contribution in [2.24, 2.45) is 0 Å². The van der Waals surface area contributed by atoms with E-state index in [9.17, 15) is 13.2 Å². The molecule has 0 aliphatic heterocycles. The van der Waals surface area contributed by atoms with E-state index in [2.05, 4.69) is 4.98 Å². The summed E-state index contributed by atoms with van der Waals surface area (Å²) < 4.78 is 38.4. The van der Waals surface area contributed by atoms with Crippen LogP contribution in [0.1, 0.15) is 11.4 Å². The average Bonchev–Trinajstić information content (AvgIpc) is 2.57. The summed E-state index contributed by atoms with van der Waals surface area (Å²) in [7, 11) is 0. The molecule has 3 nitrogen and oxygen atoms in total. The van der Waals surface area contributed by atoms with Gasteiger partial charge in [0.1, 0.15) is 17.4 Å². The summed E-state index contributed by atoms with van der Waals surface area (Å²) in [6.45, 7) is 0. The zero-order valence-corrected chi connectivity index (χ0v) is 7.28. The SMILES string of the molecule is N#Cc1cn2c(C(F)(F)F)cccc2n1. The number of rotatable bonds is 0. The monoisotopic (exact) mass is 211 g/mol. The first-order valence-electron chi connectivity index (χ1n) is 3.98. The maximum atomic E-state index is 12.5. The Labute approximate surface area is 82.4 Å². The number of alkyl halides is 3. The maximum absolute atomic E-state index is 12.5. The molecular formula is C9H4F3N3. The minimum atomic E-state index is -4.45. The topological polar surface area (TPSA) is 41.1 Å². The fourth-order valence-electron chi connectivity index (χ4n) is 1.30. The lowest BCUT2D eigenvalue weighted by molar-refractivity contribution is -0.142. The molecule has 0 atom stereocenters. The van der Waals surface area contributed by atoms with E-state index < -0.39 is 11.9 Å². The maximum Gasteiger partial charge on any atom is 0.431 e. The molecule has 15 heavy (non-hydrogen) atoms. The summed E-state index contributed by atoms with van der Waals surface area (Å²) in [6, 6.07) is 5.31. The molecule has 0 N–H and O–H groups in total. The molecule has 0 bridgehead atoms. The van der Waals surface area contributed by atoms with Gasteiger partial charge in [-0.25, -0.2) is 4.98 Å². The largest absolute Gasteiger partial charge is 0.431 e. The molecule has 6 heteroatoms. The van der Waals surface area contributed by atoms with Gasteiger partial charge in [0.05, 0.1) is 0 Å². The van der Waals surface area contributed by atoms with Crippen molar-refractivity contribution in [2.75, 3.05) is 0 Å². The minimum absolute atomic E-state index is 0.0355. The van der Waals surface area contributed by atoms with Crippen LogP contribution < -0.4 is 0 Å². The summed E-state index contributed by atoms with van der Waals surface area (Å²) in [6.07, 6.45) is -3.38. The van der Waals surface area contributed by atoms with Gasteiger partial charge in [-0.1, -0.05) is 6.07 Å². The molecule has 0 spiro atoms. The van der Waals surface area contributed by atoms with E-state index in [1.54, 1.807) is 6.07 Å². The minimum Gasteiger partial charge on any atom is -0.294 e. The standard InChI is InChI=1S/C9H4F3N3/c10-9(11,12)7-2-1-3-8-14-6(4-13)5-15(7)8/h1-3,5H. The van der Waals surface area contributed by atoms with Gasteiger partial charge in [-0.3, -0.25) is 4.40 Å². The number of imidazole rings is 1. The van der Waals surface area contributed by atoms with Crippen molar-refractivity contribution < 1.29 is 13.2 Å². The molecule has 2 aromatic heterocycles. The van der Waals surface area contributed by atoms with Crippen molar-refractivity contribution >= 4 is 5.65 Å². The summed E-state index contributed by atoms with van der Waals surface area (Å²) >= 11 is 0. The Kier molecular flexibility index (Phi) is 1.89. The van der Waals surface area contributed by atoms with Gasteiger partial charge in [0.15, 0.2) is 5.69 Å². The van der Waals surface area contributed by atoms with Gasteiger partial charge in [0.25, 0.3) is 0 Å². The molecule has 0 radical (unpaired) electrons. The second-order valence-electron chi connectivity index (χ2n) is 2.87. The molecule has 0 unspecified atom stereocenters. The molecule has 0 aromatic carbocycles. The molecular weight excluding hydrogens is 207 g/mol. The van der Waals surface area contributed by atoms with Crippen molar-refractivity contribution in [3.63, 3.8) is 0 Å². The molecule has 76 valence electrons. The molecule has 0 saturated heterocycles. The van der Waals surface area contributed by atoms with Gasteiger partial charge >= 0.3 is 6.18 Å². The Morgan fingerprint density at radius 3 is 2.67 bits per heavy atom. The highest BCUT2D eigenvalue weighted by atomic mass is 19.4. The van der Waals surface area contributed by atoms with Crippen molar-refractivity contribution in [3.8, 4) is 6.07 Å². The van der Waals surface area contributed by atoms with Crippen LogP contribution in [0.15, 0.2) is 24.4 Å². The van der Waals surface area contributed by atoms with Crippen molar-refractivity contribution in [1.29, 1.82) is 5.26 Å². The number of halogens is 3. The number of pyridine rings is 1. The number of nitriles is 1. The first-order valence-corrected chi connectivity index (χ1v) is 3.98. The Morgan fingerprint density at radius 2 is 2.07 bits per heavy atom. The Morgan fingerprint density at radius 1 is 1.33 bits per heavy atom. The van der Waals surface area contributed by atoms with Crippen LogP contribution in [0, 0.1) is 11.3 Å². The molecule has 0 fully saturated rings. The van der Waals surface area contributed by atoms with Gasteiger partial charge in [0, 0.05) is 6.20 Å². The van der Waals surface area contributed by atoms with Crippen molar-refractivity contribution in [1.82, 2.24) is 9.38 Å². The molecule has 0 saturated carbocycles. The second-order valence-corrected chi connectivity index (χ2v) is 2.87. The Hall–Kier alpha value is -2.03. The van der Waals surface area contributed by atoms with E-state index in [0.29, 0.717) is 0 Å². The van der Waals surface area contributed by atoms with Gasteiger partial charge in [-0.05, 0) is 12.1 Å². The van der Waals surface area contributed by atoms with Crippen LogP contribution in [0.4, 0.5) is 13.2 Å². The molecule has 2 rings (SSSR count). The van der Waals surface area contributed by atoms with Crippen LogP contribution in [0.5, 0.6) is 0 Å². The molecule has 0 amide bonds. The predicted octanol–water partition coefficient (Wildman–Crippen LogP) is 2.22. The van der Waals surface area contributed by atoms with Gasteiger partial charge in [-0.2, -0.15) is 18.4 Å². The number of aromatic nitrogens is 2. The first kappa shape index (κ1) is 9.52. The normalized spacial score (nSPS) is 11.6. The lowest BCUT2D eigenvalue weighted by Gasteiger charge is -2.08. The number of hydrogen-bond acceptors (Lipinski definition) is 2. The van der Waals surface area contributed by atoms with E-state index in [0.717, 1.165) is 16.7 Å². The molecule has 0 aliphatic rings. The fraction of sp³-hybridized carbons (Fsp3) is 0.111. The second kappa shape index (κ2) is 2.98. The Balaban J connectivity index is 2.77. The zero-order valence-electron chi connectivity index (χ0n) is 7.28. The van der Waals surface area contributed by atoms with Crippen LogP contribution in [-0.4, -0.2) is 9.38 Å². The number of nitrogens with zero attached hydrogens (tertiary/aromatic N) is 3. The van der Waals surface area contributed by atoms with E-state index in [4.69, 9.17) is 5.26 Å². The third-order valence-corrected chi connectivity index (χ3v) is 1.90. The van der Waals surface area contributed by atoms with Crippen LogP contribution in [-0.2, 0) is 6.18 Å². The summed E-state index contributed by atoms with van der Waals surface area (Å²) in [4.78, 5) is 3.71. The average molecular weight is 211 g/mol. The smallest absolute Gasteiger partial charge is 0.294 e. The van der Waals surface area contributed by atoms with Gasteiger partial charge in [0.2, 0.25) is 0 Å². The highest BCUT2D eigenvalue weighted by molar-refractivity contribution is 5.44.